The lowest BCUT2D eigenvalue weighted by molar-refractivity contribution is -0.137. The minimum absolute atomic E-state index is 0.254. The first-order valence-electron chi connectivity index (χ1n) is 9.12. The maximum Gasteiger partial charge on any atom is 0.417 e. The van der Waals surface area contributed by atoms with E-state index in [-0.39, 0.29) is 5.02 Å². The molecule has 2 aliphatic heterocycles. The van der Waals surface area contributed by atoms with Gasteiger partial charge >= 0.3 is 6.18 Å². The van der Waals surface area contributed by atoms with E-state index >= 15 is 0 Å². The quantitative estimate of drug-likeness (QED) is 0.859. The van der Waals surface area contributed by atoms with Crippen molar-refractivity contribution in [2.24, 2.45) is 0 Å². The van der Waals surface area contributed by atoms with Crippen molar-refractivity contribution in [1.82, 2.24) is 25.0 Å². The third-order valence-electron chi connectivity index (χ3n) is 5.35. The average molecular weight is 400 g/mol. The zero-order chi connectivity index (χ0) is 19.0. The number of hydrogen-bond acceptors (Lipinski definition) is 4. The van der Waals surface area contributed by atoms with Gasteiger partial charge in [-0.15, -0.1) is 10.2 Å². The zero-order valence-corrected chi connectivity index (χ0v) is 15.5. The number of fused-ring (bicyclic) bond motifs is 1. The minimum atomic E-state index is -4.43. The highest BCUT2D eigenvalue weighted by atomic mass is 35.5. The summed E-state index contributed by atoms with van der Waals surface area (Å²) in [6.07, 6.45) is -2.56. The van der Waals surface area contributed by atoms with Crippen LogP contribution >= 0.6 is 11.6 Å². The average Bonchev–Trinajstić information content (AvgIpc) is 3.07. The summed E-state index contributed by atoms with van der Waals surface area (Å²) in [6.45, 7) is 4.72. The molecular weight excluding hydrogens is 379 g/mol. The molecular formula is C18H21ClF3N5. The second-order valence-corrected chi connectivity index (χ2v) is 7.57. The maximum atomic E-state index is 13.0. The SMILES string of the molecule is FC(F)(F)c1cc(CN2CCC(c3nnc4n3CCNC4)CC2)ccc1Cl. The van der Waals surface area contributed by atoms with Crippen LogP contribution in [0.3, 0.4) is 0 Å². The Kier molecular flexibility index (Phi) is 5.13. The van der Waals surface area contributed by atoms with E-state index in [0.29, 0.717) is 18.0 Å². The van der Waals surface area contributed by atoms with Crippen LogP contribution in [0.2, 0.25) is 5.02 Å². The summed E-state index contributed by atoms with van der Waals surface area (Å²) in [5.74, 6) is 2.40. The molecule has 0 radical (unpaired) electrons. The first kappa shape index (κ1) is 18.7. The van der Waals surface area contributed by atoms with Gasteiger partial charge in [0, 0.05) is 25.6 Å². The number of piperidine rings is 1. The monoisotopic (exact) mass is 399 g/mol. The fourth-order valence-corrected chi connectivity index (χ4v) is 4.14. The Bertz CT molecular complexity index is 812. The number of halogens is 4. The fraction of sp³-hybridized carbons (Fsp3) is 0.556. The van der Waals surface area contributed by atoms with Gasteiger partial charge in [-0.3, -0.25) is 4.90 Å². The molecule has 0 amide bonds. The van der Waals surface area contributed by atoms with Crippen LogP contribution in [0.15, 0.2) is 18.2 Å². The summed E-state index contributed by atoms with van der Waals surface area (Å²) in [5, 5.41) is 11.7. The third kappa shape index (κ3) is 3.97. The van der Waals surface area contributed by atoms with Gasteiger partial charge in [-0.1, -0.05) is 17.7 Å². The molecule has 27 heavy (non-hydrogen) atoms. The van der Waals surface area contributed by atoms with E-state index < -0.39 is 11.7 Å². The highest BCUT2D eigenvalue weighted by Gasteiger charge is 2.33. The second kappa shape index (κ2) is 7.41. The number of alkyl halides is 3. The van der Waals surface area contributed by atoms with Gasteiger partial charge < -0.3 is 9.88 Å². The van der Waals surface area contributed by atoms with Crippen LogP contribution in [-0.2, 0) is 25.8 Å². The van der Waals surface area contributed by atoms with Crippen molar-refractivity contribution < 1.29 is 13.2 Å². The van der Waals surface area contributed by atoms with Crippen molar-refractivity contribution >= 4 is 11.6 Å². The van der Waals surface area contributed by atoms with Crippen molar-refractivity contribution in [3.63, 3.8) is 0 Å². The van der Waals surface area contributed by atoms with Crippen molar-refractivity contribution in [2.75, 3.05) is 19.6 Å². The number of likely N-dealkylation sites (tertiary alicyclic amines) is 1. The lowest BCUT2D eigenvalue weighted by atomic mass is 9.95. The molecule has 4 rings (SSSR count). The van der Waals surface area contributed by atoms with E-state index in [1.165, 1.54) is 6.07 Å². The Hall–Kier alpha value is -1.64. The molecule has 0 aliphatic carbocycles. The van der Waals surface area contributed by atoms with Gasteiger partial charge in [0.1, 0.15) is 11.6 Å². The number of rotatable bonds is 3. The molecule has 1 N–H and O–H groups in total. The van der Waals surface area contributed by atoms with Crippen LogP contribution in [0.1, 0.15) is 41.5 Å². The number of nitrogens with zero attached hydrogens (tertiary/aromatic N) is 4. The van der Waals surface area contributed by atoms with E-state index in [9.17, 15) is 13.2 Å². The molecule has 1 aromatic heterocycles. The Morgan fingerprint density at radius 2 is 1.93 bits per heavy atom. The first-order chi connectivity index (χ1) is 12.9. The van der Waals surface area contributed by atoms with Gasteiger partial charge in [0.15, 0.2) is 0 Å². The molecule has 0 spiro atoms. The minimum Gasteiger partial charge on any atom is -0.312 e. The van der Waals surface area contributed by atoms with E-state index in [1.807, 2.05) is 0 Å². The second-order valence-electron chi connectivity index (χ2n) is 7.17. The lowest BCUT2D eigenvalue weighted by Crippen LogP contribution is -2.34. The van der Waals surface area contributed by atoms with Gasteiger partial charge in [0.05, 0.1) is 17.1 Å². The van der Waals surface area contributed by atoms with Crippen molar-refractivity contribution in [3.05, 3.63) is 46.0 Å². The topological polar surface area (TPSA) is 46.0 Å². The van der Waals surface area contributed by atoms with Gasteiger partial charge in [0.25, 0.3) is 0 Å². The molecule has 1 fully saturated rings. The summed E-state index contributed by atoms with van der Waals surface area (Å²) in [4.78, 5) is 2.19. The van der Waals surface area contributed by atoms with Crippen LogP contribution < -0.4 is 5.32 Å². The van der Waals surface area contributed by atoms with Crippen LogP contribution in [0.5, 0.6) is 0 Å². The largest absolute Gasteiger partial charge is 0.417 e. The predicted octanol–water partition coefficient (Wildman–Crippen LogP) is 3.43. The van der Waals surface area contributed by atoms with Gasteiger partial charge in [-0.05, 0) is 43.6 Å². The summed E-state index contributed by atoms with van der Waals surface area (Å²) in [6, 6.07) is 4.17. The zero-order valence-electron chi connectivity index (χ0n) is 14.8. The molecule has 5 nitrogen and oxygen atoms in total. The smallest absolute Gasteiger partial charge is 0.312 e. The Balaban J connectivity index is 1.40. The summed E-state index contributed by atoms with van der Waals surface area (Å²) < 4.78 is 41.3. The number of benzene rings is 1. The molecule has 3 heterocycles. The predicted molar refractivity (Wildman–Crippen MR) is 95.4 cm³/mol. The van der Waals surface area contributed by atoms with Crippen LogP contribution in [0.25, 0.3) is 0 Å². The highest BCUT2D eigenvalue weighted by Crippen LogP contribution is 2.35. The Labute approximate surface area is 160 Å². The van der Waals surface area contributed by atoms with E-state index in [1.54, 1.807) is 6.07 Å². The Morgan fingerprint density at radius 3 is 2.67 bits per heavy atom. The van der Waals surface area contributed by atoms with Gasteiger partial charge in [-0.25, -0.2) is 0 Å². The Morgan fingerprint density at radius 1 is 1.15 bits per heavy atom. The van der Waals surface area contributed by atoms with Gasteiger partial charge in [-0.2, -0.15) is 13.2 Å². The normalized spacial score (nSPS) is 19.3. The number of hydrogen-bond donors (Lipinski definition) is 1. The maximum absolute atomic E-state index is 13.0. The summed E-state index contributed by atoms with van der Waals surface area (Å²) in [5.41, 5.74) is -0.128. The van der Waals surface area contributed by atoms with Crippen LogP contribution in [0.4, 0.5) is 13.2 Å². The molecule has 9 heteroatoms. The molecule has 0 saturated carbocycles. The molecule has 2 aromatic rings. The molecule has 2 aliphatic rings. The lowest BCUT2D eigenvalue weighted by Gasteiger charge is -2.32. The highest BCUT2D eigenvalue weighted by molar-refractivity contribution is 6.31. The molecule has 0 unspecified atom stereocenters. The van der Waals surface area contributed by atoms with Gasteiger partial charge in [0.2, 0.25) is 0 Å². The number of aromatic nitrogens is 3. The molecule has 146 valence electrons. The van der Waals surface area contributed by atoms with E-state index in [2.05, 4.69) is 25.0 Å². The van der Waals surface area contributed by atoms with E-state index in [0.717, 1.165) is 63.3 Å². The molecule has 0 bridgehead atoms. The van der Waals surface area contributed by atoms with E-state index in [4.69, 9.17) is 11.6 Å². The third-order valence-corrected chi connectivity index (χ3v) is 5.68. The molecule has 0 atom stereocenters. The summed E-state index contributed by atoms with van der Waals surface area (Å²) >= 11 is 5.70. The first-order valence-corrected chi connectivity index (χ1v) is 9.50. The molecule has 1 aromatic carbocycles. The standard InChI is InChI=1S/C18H21ClF3N5/c19-15-2-1-12(9-14(15)18(20,21)22)11-26-6-3-13(4-7-26)17-25-24-16-10-23-5-8-27(16)17/h1-2,9,13,23H,3-8,10-11H2. The van der Waals surface area contributed by atoms with Crippen LogP contribution in [-0.4, -0.2) is 39.3 Å². The van der Waals surface area contributed by atoms with Crippen molar-refractivity contribution in [2.45, 2.75) is 44.6 Å². The number of nitrogens with one attached hydrogen (secondary N) is 1. The van der Waals surface area contributed by atoms with Crippen molar-refractivity contribution in [3.8, 4) is 0 Å². The van der Waals surface area contributed by atoms with Crippen LogP contribution in [0, 0.1) is 0 Å². The van der Waals surface area contributed by atoms with Crippen molar-refractivity contribution in [1.29, 1.82) is 0 Å². The molecule has 1 saturated heterocycles. The summed E-state index contributed by atoms with van der Waals surface area (Å²) in [7, 11) is 0. The fourth-order valence-electron chi connectivity index (χ4n) is 3.91.